The normalized spacial score (nSPS) is 12.0. The summed E-state index contributed by atoms with van der Waals surface area (Å²) < 4.78 is 28.2. The van der Waals surface area contributed by atoms with Gasteiger partial charge in [0.1, 0.15) is 0 Å². The molecule has 0 bridgehead atoms. The number of nitrogens with zero attached hydrogens (tertiary/aromatic N) is 3. The van der Waals surface area contributed by atoms with Crippen molar-refractivity contribution in [3.05, 3.63) is 70.8 Å². The van der Waals surface area contributed by atoms with Crippen LogP contribution in [0.1, 0.15) is 19.4 Å². The average Bonchev–Trinajstić information content (AvgIpc) is 2.64. The first-order chi connectivity index (χ1) is 12.5. The van der Waals surface area contributed by atoms with E-state index in [2.05, 4.69) is 4.98 Å². The van der Waals surface area contributed by atoms with Crippen LogP contribution in [0.4, 0.5) is 0 Å². The first kappa shape index (κ1) is 18.3. The first-order valence-electron chi connectivity index (χ1n) is 8.50. The number of hydrogen-bond donors (Lipinski definition) is 0. The number of aromatic nitrogens is 2. The molecule has 0 fully saturated rings. The van der Waals surface area contributed by atoms with Gasteiger partial charge in [-0.15, -0.1) is 0 Å². The van der Waals surface area contributed by atoms with Gasteiger partial charge in [-0.25, -0.2) is 8.42 Å². The van der Waals surface area contributed by atoms with Crippen LogP contribution in [0.25, 0.3) is 10.9 Å². The Hall–Kier alpha value is -2.51. The Balaban J connectivity index is 2.05. The van der Waals surface area contributed by atoms with Crippen LogP contribution in [0, 0.1) is 0 Å². The molecule has 0 aliphatic carbocycles. The third-order valence-electron chi connectivity index (χ3n) is 4.36. The van der Waals surface area contributed by atoms with Gasteiger partial charge in [0.2, 0.25) is 10.0 Å². The van der Waals surface area contributed by atoms with Crippen molar-refractivity contribution in [3.63, 3.8) is 0 Å². The van der Waals surface area contributed by atoms with Crippen molar-refractivity contribution in [2.45, 2.75) is 25.3 Å². The molecular weight excluding hydrogens is 350 g/mol. The summed E-state index contributed by atoms with van der Waals surface area (Å²) in [6, 6.07) is 12.2. The van der Waals surface area contributed by atoms with Crippen molar-refractivity contribution >= 4 is 20.9 Å². The molecule has 136 valence electrons. The Morgan fingerprint density at radius 2 is 1.77 bits per heavy atom. The molecule has 1 aromatic carbocycles. The summed E-state index contributed by atoms with van der Waals surface area (Å²) in [6.07, 6.45) is 3.12. The van der Waals surface area contributed by atoms with E-state index in [0.717, 1.165) is 16.5 Å². The van der Waals surface area contributed by atoms with Crippen LogP contribution >= 0.6 is 0 Å². The van der Waals surface area contributed by atoms with Crippen LogP contribution in [0.5, 0.6) is 0 Å². The summed E-state index contributed by atoms with van der Waals surface area (Å²) in [6.45, 7) is 4.60. The minimum atomic E-state index is -3.62. The van der Waals surface area contributed by atoms with Gasteiger partial charge in [0.05, 0.1) is 17.0 Å². The van der Waals surface area contributed by atoms with Crippen molar-refractivity contribution < 1.29 is 8.42 Å². The minimum absolute atomic E-state index is 0.119. The number of benzene rings is 1. The third-order valence-corrected chi connectivity index (χ3v) is 6.39. The maximum absolute atomic E-state index is 12.7. The molecule has 0 radical (unpaired) electrons. The Morgan fingerprint density at radius 3 is 2.50 bits per heavy atom. The Labute approximate surface area is 152 Å². The molecular formula is C19H21N3O3S. The fraction of sp³-hybridized carbons (Fsp3) is 0.263. The fourth-order valence-corrected chi connectivity index (χ4v) is 4.46. The predicted octanol–water partition coefficient (Wildman–Crippen LogP) is 2.48. The van der Waals surface area contributed by atoms with Crippen LogP contribution in [0.2, 0.25) is 0 Å². The molecule has 0 spiro atoms. The van der Waals surface area contributed by atoms with Crippen molar-refractivity contribution in [2.75, 3.05) is 13.1 Å². The van der Waals surface area contributed by atoms with Gasteiger partial charge in [-0.3, -0.25) is 9.78 Å². The highest BCUT2D eigenvalue weighted by Gasteiger charge is 2.22. The molecule has 2 heterocycles. The van der Waals surface area contributed by atoms with Gasteiger partial charge in [-0.2, -0.15) is 4.31 Å². The summed E-state index contributed by atoms with van der Waals surface area (Å²) in [4.78, 5) is 16.8. The molecule has 6 nitrogen and oxygen atoms in total. The van der Waals surface area contributed by atoms with Crippen molar-refractivity contribution in [1.82, 2.24) is 13.9 Å². The second kappa shape index (κ2) is 7.39. The van der Waals surface area contributed by atoms with E-state index in [9.17, 15) is 13.2 Å². The molecule has 0 aliphatic rings. The predicted molar refractivity (Wildman–Crippen MR) is 102 cm³/mol. The first-order valence-corrected chi connectivity index (χ1v) is 9.94. The molecule has 0 N–H and O–H groups in total. The highest BCUT2D eigenvalue weighted by atomic mass is 32.2. The SMILES string of the molecule is CCN(CC)S(=O)(=O)c1ccc(=O)n(Cc2cccc3cccnc23)c1. The largest absolute Gasteiger partial charge is 0.310 e. The van der Waals surface area contributed by atoms with E-state index in [1.807, 2.05) is 30.3 Å². The lowest BCUT2D eigenvalue weighted by Gasteiger charge is -2.19. The maximum atomic E-state index is 12.7. The van der Waals surface area contributed by atoms with Crippen molar-refractivity contribution in [1.29, 1.82) is 0 Å². The van der Waals surface area contributed by atoms with E-state index >= 15 is 0 Å². The minimum Gasteiger partial charge on any atom is -0.310 e. The lowest BCUT2D eigenvalue weighted by atomic mass is 10.1. The smallest absolute Gasteiger partial charge is 0.250 e. The molecule has 0 atom stereocenters. The van der Waals surface area contributed by atoms with Crippen LogP contribution in [0.3, 0.4) is 0 Å². The molecule has 0 unspecified atom stereocenters. The van der Waals surface area contributed by atoms with Gasteiger partial charge < -0.3 is 4.57 Å². The van der Waals surface area contributed by atoms with Gasteiger partial charge in [0.15, 0.2) is 0 Å². The summed E-state index contributed by atoms with van der Waals surface area (Å²) in [5.41, 5.74) is 1.41. The number of pyridine rings is 2. The zero-order chi connectivity index (χ0) is 18.7. The quantitative estimate of drug-likeness (QED) is 0.667. The van der Waals surface area contributed by atoms with Crippen molar-refractivity contribution in [3.8, 4) is 0 Å². The van der Waals surface area contributed by atoms with Crippen LogP contribution in [-0.2, 0) is 16.6 Å². The standard InChI is InChI=1S/C19H21N3O3S/c1-3-22(4-2)26(24,25)17-10-11-18(23)21(14-17)13-16-8-5-7-15-9-6-12-20-19(15)16/h5-12,14H,3-4,13H2,1-2H3. The van der Waals surface area contributed by atoms with Gasteiger partial charge in [-0.1, -0.05) is 38.1 Å². The summed E-state index contributed by atoms with van der Waals surface area (Å²) >= 11 is 0. The molecule has 0 saturated heterocycles. The van der Waals surface area contributed by atoms with E-state index in [0.29, 0.717) is 13.1 Å². The second-order valence-corrected chi connectivity index (χ2v) is 7.85. The Bertz CT molecular complexity index is 1080. The topological polar surface area (TPSA) is 72.3 Å². The zero-order valence-electron chi connectivity index (χ0n) is 14.8. The van der Waals surface area contributed by atoms with E-state index in [1.165, 1.54) is 27.2 Å². The number of para-hydroxylation sites is 1. The van der Waals surface area contributed by atoms with E-state index in [-0.39, 0.29) is 17.0 Å². The van der Waals surface area contributed by atoms with Crippen LogP contribution in [0.15, 0.2) is 64.5 Å². The molecule has 0 aliphatic heterocycles. The highest BCUT2D eigenvalue weighted by molar-refractivity contribution is 7.89. The lowest BCUT2D eigenvalue weighted by Crippen LogP contribution is -2.32. The number of sulfonamides is 1. The Morgan fingerprint density at radius 1 is 1.04 bits per heavy atom. The lowest BCUT2D eigenvalue weighted by molar-refractivity contribution is 0.444. The average molecular weight is 371 g/mol. The number of rotatable bonds is 6. The third kappa shape index (κ3) is 3.40. The Kier molecular flexibility index (Phi) is 5.20. The molecule has 7 heteroatoms. The van der Waals surface area contributed by atoms with Crippen molar-refractivity contribution in [2.24, 2.45) is 0 Å². The highest BCUT2D eigenvalue weighted by Crippen LogP contribution is 2.18. The fourth-order valence-electron chi connectivity index (χ4n) is 2.98. The van der Waals surface area contributed by atoms with E-state index in [1.54, 1.807) is 20.0 Å². The van der Waals surface area contributed by atoms with Gasteiger partial charge in [0, 0.05) is 36.9 Å². The molecule has 2 aromatic heterocycles. The van der Waals surface area contributed by atoms with Crippen LogP contribution in [-0.4, -0.2) is 35.4 Å². The van der Waals surface area contributed by atoms with Gasteiger partial charge in [0.25, 0.3) is 5.56 Å². The van der Waals surface area contributed by atoms with E-state index in [4.69, 9.17) is 0 Å². The molecule has 0 saturated carbocycles. The van der Waals surface area contributed by atoms with Crippen LogP contribution < -0.4 is 5.56 Å². The molecule has 26 heavy (non-hydrogen) atoms. The number of fused-ring (bicyclic) bond motifs is 1. The monoisotopic (exact) mass is 371 g/mol. The number of hydrogen-bond acceptors (Lipinski definition) is 4. The zero-order valence-corrected chi connectivity index (χ0v) is 15.6. The molecule has 3 rings (SSSR count). The molecule has 3 aromatic rings. The summed E-state index contributed by atoms with van der Waals surface area (Å²) in [7, 11) is -3.62. The van der Waals surface area contributed by atoms with E-state index < -0.39 is 10.0 Å². The van der Waals surface area contributed by atoms with Gasteiger partial charge in [-0.05, 0) is 17.7 Å². The summed E-state index contributed by atoms with van der Waals surface area (Å²) in [5, 5.41) is 0.977. The second-order valence-electron chi connectivity index (χ2n) is 5.91. The maximum Gasteiger partial charge on any atom is 0.250 e. The van der Waals surface area contributed by atoms with Gasteiger partial charge >= 0.3 is 0 Å². The summed E-state index contributed by atoms with van der Waals surface area (Å²) in [5.74, 6) is 0. The molecule has 0 amide bonds.